The average molecular weight is 286 g/mol. The SMILES string of the molecule is COC(=O)CN(C(=O)N1CCC(C(=O)O)CC1)C(C)C. The largest absolute Gasteiger partial charge is 0.481 e. The number of hydrogen-bond donors (Lipinski definition) is 1. The second kappa shape index (κ2) is 7.12. The summed E-state index contributed by atoms with van der Waals surface area (Å²) >= 11 is 0. The first-order valence-corrected chi connectivity index (χ1v) is 6.72. The van der Waals surface area contributed by atoms with Crippen LogP contribution in [-0.4, -0.2) is 65.7 Å². The maximum atomic E-state index is 12.4. The van der Waals surface area contributed by atoms with Gasteiger partial charge in [-0.15, -0.1) is 0 Å². The lowest BCUT2D eigenvalue weighted by Gasteiger charge is -2.36. The molecular formula is C13H22N2O5. The molecule has 20 heavy (non-hydrogen) atoms. The summed E-state index contributed by atoms with van der Waals surface area (Å²) in [6.07, 6.45) is 0.899. The Hall–Kier alpha value is -1.79. The number of carboxylic acid groups (broad SMARTS) is 1. The third-order valence-corrected chi connectivity index (χ3v) is 3.51. The maximum absolute atomic E-state index is 12.4. The van der Waals surface area contributed by atoms with Crippen LogP contribution in [0.5, 0.6) is 0 Å². The number of likely N-dealkylation sites (tertiary alicyclic amines) is 1. The first-order valence-electron chi connectivity index (χ1n) is 6.72. The minimum atomic E-state index is -0.813. The van der Waals surface area contributed by atoms with Crippen LogP contribution in [0.4, 0.5) is 4.79 Å². The van der Waals surface area contributed by atoms with Gasteiger partial charge in [-0.1, -0.05) is 0 Å². The summed E-state index contributed by atoms with van der Waals surface area (Å²) in [5.74, 6) is -1.66. The van der Waals surface area contributed by atoms with Crippen molar-refractivity contribution in [3.8, 4) is 0 Å². The van der Waals surface area contributed by atoms with Gasteiger partial charge in [-0.05, 0) is 26.7 Å². The molecule has 7 nitrogen and oxygen atoms in total. The number of amides is 2. The molecule has 114 valence electrons. The molecule has 0 radical (unpaired) electrons. The van der Waals surface area contributed by atoms with Gasteiger partial charge < -0.3 is 19.6 Å². The van der Waals surface area contributed by atoms with Gasteiger partial charge in [-0.3, -0.25) is 9.59 Å². The van der Waals surface area contributed by atoms with Crippen molar-refractivity contribution in [3.63, 3.8) is 0 Å². The number of aliphatic carboxylic acids is 1. The molecule has 1 aliphatic heterocycles. The van der Waals surface area contributed by atoms with Crippen LogP contribution in [0.15, 0.2) is 0 Å². The van der Waals surface area contributed by atoms with E-state index in [1.807, 2.05) is 13.8 Å². The molecule has 2 amide bonds. The standard InChI is InChI=1S/C13H22N2O5/c1-9(2)15(8-11(16)20-3)13(19)14-6-4-10(5-7-14)12(17)18/h9-10H,4-8H2,1-3H3,(H,17,18). The minimum Gasteiger partial charge on any atom is -0.481 e. The molecular weight excluding hydrogens is 264 g/mol. The minimum absolute atomic E-state index is 0.0914. The molecule has 0 atom stereocenters. The number of piperidine rings is 1. The van der Waals surface area contributed by atoms with Crippen LogP contribution < -0.4 is 0 Å². The molecule has 1 saturated heterocycles. The molecule has 0 aliphatic carbocycles. The predicted molar refractivity (Wildman–Crippen MR) is 71.2 cm³/mol. The summed E-state index contributed by atoms with van der Waals surface area (Å²) in [6, 6.07) is -0.368. The highest BCUT2D eigenvalue weighted by molar-refractivity contribution is 5.81. The zero-order valence-corrected chi connectivity index (χ0v) is 12.2. The molecule has 0 bridgehead atoms. The van der Waals surface area contributed by atoms with Crippen LogP contribution in [-0.2, 0) is 14.3 Å². The summed E-state index contributed by atoms with van der Waals surface area (Å²) in [4.78, 5) is 37.6. The van der Waals surface area contributed by atoms with Crippen LogP contribution >= 0.6 is 0 Å². The maximum Gasteiger partial charge on any atom is 0.325 e. The fourth-order valence-electron chi connectivity index (χ4n) is 2.17. The van der Waals surface area contributed by atoms with Gasteiger partial charge in [0, 0.05) is 19.1 Å². The van der Waals surface area contributed by atoms with Gasteiger partial charge >= 0.3 is 18.0 Å². The highest BCUT2D eigenvalue weighted by Gasteiger charge is 2.31. The Balaban J connectivity index is 2.62. The Kier molecular flexibility index (Phi) is 5.79. The van der Waals surface area contributed by atoms with E-state index in [9.17, 15) is 14.4 Å². The number of hydrogen-bond acceptors (Lipinski definition) is 4. The second-order valence-corrected chi connectivity index (χ2v) is 5.18. The number of esters is 1. The van der Waals surface area contributed by atoms with Gasteiger partial charge in [-0.2, -0.15) is 0 Å². The van der Waals surface area contributed by atoms with Crippen molar-refractivity contribution in [2.45, 2.75) is 32.7 Å². The van der Waals surface area contributed by atoms with E-state index in [2.05, 4.69) is 4.74 Å². The highest BCUT2D eigenvalue weighted by atomic mass is 16.5. The van der Waals surface area contributed by atoms with Crippen LogP contribution in [0.25, 0.3) is 0 Å². The first kappa shape index (κ1) is 16.3. The summed E-state index contributed by atoms with van der Waals surface area (Å²) in [7, 11) is 1.28. The lowest BCUT2D eigenvalue weighted by atomic mass is 9.97. The number of carbonyl (C=O) groups excluding carboxylic acids is 2. The van der Waals surface area contributed by atoms with Crippen molar-refractivity contribution in [3.05, 3.63) is 0 Å². The normalized spacial score (nSPS) is 16.1. The molecule has 0 spiro atoms. The van der Waals surface area contributed by atoms with Crippen LogP contribution in [0.3, 0.4) is 0 Å². The van der Waals surface area contributed by atoms with Gasteiger partial charge in [0.2, 0.25) is 0 Å². The molecule has 7 heteroatoms. The third-order valence-electron chi connectivity index (χ3n) is 3.51. The molecule has 0 aromatic heterocycles. The quantitative estimate of drug-likeness (QED) is 0.772. The number of carboxylic acids is 1. The Morgan fingerprint density at radius 2 is 1.85 bits per heavy atom. The first-order chi connectivity index (χ1) is 9.36. The average Bonchev–Trinajstić information content (AvgIpc) is 2.43. The molecule has 1 N–H and O–H groups in total. The monoisotopic (exact) mass is 286 g/mol. The topological polar surface area (TPSA) is 87.2 Å². The van der Waals surface area contributed by atoms with E-state index in [4.69, 9.17) is 5.11 Å². The summed E-state index contributed by atoms with van der Waals surface area (Å²) in [6.45, 7) is 4.36. The zero-order chi connectivity index (χ0) is 15.3. The Bertz CT molecular complexity index is 375. The summed E-state index contributed by atoms with van der Waals surface area (Å²) < 4.78 is 4.59. The number of urea groups is 1. The van der Waals surface area contributed by atoms with Crippen molar-refractivity contribution in [1.82, 2.24) is 9.80 Å². The van der Waals surface area contributed by atoms with Crippen molar-refractivity contribution >= 4 is 18.0 Å². The van der Waals surface area contributed by atoms with E-state index in [0.29, 0.717) is 25.9 Å². The second-order valence-electron chi connectivity index (χ2n) is 5.18. The van der Waals surface area contributed by atoms with Crippen molar-refractivity contribution in [2.24, 2.45) is 5.92 Å². The lowest BCUT2D eigenvalue weighted by molar-refractivity contribution is -0.143. The number of methoxy groups -OCH3 is 1. The van der Waals surface area contributed by atoms with Gasteiger partial charge in [0.25, 0.3) is 0 Å². The smallest absolute Gasteiger partial charge is 0.325 e. The fraction of sp³-hybridized carbons (Fsp3) is 0.769. The van der Waals surface area contributed by atoms with E-state index in [1.54, 1.807) is 4.90 Å². The Morgan fingerprint density at radius 1 is 1.30 bits per heavy atom. The van der Waals surface area contributed by atoms with Gasteiger partial charge in [0.1, 0.15) is 6.54 Å². The molecule has 0 aromatic rings. The molecule has 1 heterocycles. The Labute approximate surface area is 118 Å². The van der Waals surface area contributed by atoms with Crippen molar-refractivity contribution in [1.29, 1.82) is 0 Å². The Morgan fingerprint density at radius 3 is 2.25 bits per heavy atom. The van der Waals surface area contributed by atoms with Gasteiger partial charge in [-0.25, -0.2) is 4.79 Å². The van der Waals surface area contributed by atoms with E-state index in [1.165, 1.54) is 12.0 Å². The number of rotatable bonds is 4. The van der Waals surface area contributed by atoms with Crippen LogP contribution in [0.2, 0.25) is 0 Å². The zero-order valence-electron chi connectivity index (χ0n) is 12.2. The summed E-state index contributed by atoms with van der Waals surface area (Å²) in [5.41, 5.74) is 0. The van der Waals surface area contributed by atoms with E-state index >= 15 is 0 Å². The van der Waals surface area contributed by atoms with Gasteiger partial charge in [0.05, 0.1) is 13.0 Å². The molecule has 1 fully saturated rings. The molecule has 1 aliphatic rings. The van der Waals surface area contributed by atoms with E-state index in [-0.39, 0.29) is 24.5 Å². The highest BCUT2D eigenvalue weighted by Crippen LogP contribution is 2.19. The van der Waals surface area contributed by atoms with Gasteiger partial charge in [0.15, 0.2) is 0 Å². The van der Waals surface area contributed by atoms with E-state index < -0.39 is 11.9 Å². The molecule has 1 rings (SSSR count). The number of ether oxygens (including phenoxy) is 1. The third kappa shape index (κ3) is 4.11. The number of nitrogens with zero attached hydrogens (tertiary/aromatic N) is 2. The van der Waals surface area contributed by atoms with Crippen LogP contribution in [0.1, 0.15) is 26.7 Å². The number of carbonyl (C=O) groups is 3. The van der Waals surface area contributed by atoms with Crippen molar-refractivity contribution in [2.75, 3.05) is 26.7 Å². The predicted octanol–water partition coefficient (Wildman–Crippen LogP) is 0.786. The lowest BCUT2D eigenvalue weighted by Crippen LogP contribution is -2.51. The van der Waals surface area contributed by atoms with E-state index in [0.717, 1.165) is 0 Å². The molecule has 0 aromatic carbocycles. The molecule has 0 saturated carbocycles. The summed E-state index contributed by atoms with van der Waals surface area (Å²) in [5, 5.41) is 8.94. The van der Waals surface area contributed by atoms with Crippen molar-refractivity contribution < 1.29 is 24.2 Å². The fourth-order valence-corrected chi connectivity index (χ4v) is 2.17. The van der Waals surface area contributed by atoms with Crippen LogP contribution in [0, 0.1) is 5.92 Å². The molecule has 0 unspecified atom stereocenters.